The summed E-state index contributed by atoms with van der Waals surface area (Å²) in [5.74, 6) is 2.78. The fourth-order valence-corrected chi connectivity index (χ4v) is 2.89. The van der Waals surface area contributed by atoms with Gasteiger partial charge in [-0.2, -0.15) is 0 Å². The van der Waals surface area contributed by atoms with Crippen molar-refractivity contribution in [2.24, 2.45) is 5.73 Å². The highest BCUT2D eigenvalue weighted by atomic mass is 32.2. The monoisotopic (exact) mass is 315 g/mol. The van der Waals surface area contributed by atoms with E-state index < -0.39 is 0 Å². The minimum Gasteiger partial charge on any atom is -0.496 e. The van der Waals surface area contributed by atoms with Gasteiger partial charge in [0.2, 0.25) is 0 Å². The molecule has 1 atom stereocenters. The van der Waals surface area contributed by atoms with Crippen LogP contribution in [0.15, 0.2) is 12.1 Å². The van der Waals surface area contributed by atoms with Gasteiger partial charge in [-0.05, 0) is 13.8 Å². The number of methoxy groups -OCH3 is 3. The van der Waals surface area contributed by atoms with E-state index in [0.29, 0.717) is 23.0 Å². The number of hydrogen-bond donors (Lipinski definition) is 2. The normalized spacial score (nSPS) is 12.9. The molecule has 0 fully saturated rings. The Morgan fingerprint density at radius 2 is 1.67 bits per heavy atom. The molecule has 0 aliphatic rings. The summed E-state index contributed by atoms with van der Waals surface area (Å²) < 4.78 is 15.8. The maximum Gasteiger partial charge on any atom is 0.130 e. The van der Waals surface area contributed by atoms with Gasteiger partial charge in [0.1, 0.15) is 17.2 Å². The average molecular weight is 315 g/mol. The first-order valence-corrected chi connectivity index (χ1v) is 7.67. The molecule has 0 heterocycles. The summed E-state index contributed by atoms with van der Waals surface area (Å²) in [5.41, 5.74) is 6.90. The SMILES string of the molecule is COc1cc(OC)c(CSC(C)(C)C(N)CO)c(OC)c1. The topological polar surface area (TPSA) is 73.9 Å². The first-order chi connectivity index (χ1) is 9.89. The van der Waals surface area contributed by atoms with Gasteiger partial charge in [-0.15, -0.1) is 11.8 Å². The molecule has 1 rings (SSSR count). The standard InChI is InChI=1S/C15H25NO4S/c1-15(2,14(16)8-17)21-9-11-12(19-4)6-10(18-3)7-13(11)20-5/h6-7,14,17H,8-9,16H2,1-5H3. The average Bonchev–Trinajstić information content (AvgIpc) is 2.50. The van der Waals surface area contributed by atoms with Gasteiger partial charge >= 0.3 is 0 Å². The molecule has 21 heavy (non-hydrogen) atoms. The summed E-state index contributed by atoms with van der Waals surface area (Å²) in [6.45, 7) is 3.99. The smallest absolute Gasteiger partial charge is 0.130 e. The lowest BCUT2D eigenvalue weighted by atomic mass is 10.1. The van der Waals surface area contributed by atoms with Crippen molar-refractivity contribution < 1.29 is 19.3 Å². The highest BCUT2D eigenvalue weighted by Gasteiger charge is 2.27. The molecule has 0 aliphatic carbocycles. The number of aliphatic hydroxyl groups is 1. The number of ether oxygens (including phenoxy) is 3. The molecular formula is C15H25NO4S. The van der Waals surface area contributed by atoms with Crippen LogP contribution in [0.1, 0.15) is 19.4 Å². The van der Waals surface area contributed by atoms with Crippen LogP contribution in [0.5, 0.6) is 17.2 Å². The number of thioether (sulfide) groups is 1. The summed E-state index contributed by atoms with van der Waals surface area (Å²) >= 11 is 1.65. The molecule has 5 nitrogen and oxygen atoms in total. The highest BCUT2D eigenvalue weighted by molar-refractivity contribution is 7.99. The van der Waals surface area contributed by atoms with E-state index in [2.05, 4.69) is 0 Å². The molecule has 0 amide bonds. The number of benzene rings is 1. The van der Waals surface area contributed by atoms with Crippen molar-refractivity contribution in [1.82, 2.24) is 0 Å². The van der Waals surface area contributed by atoms with E-state index in [1.807, 2.05) is 26.0 Å². The Kier molecular flexibility index (Phi) is 6.64. The fraction of sp³-hybridized carbons (Fsp3) is 0.600. The van der Waals surface area contributed by atoms with Crippen LogP contribution in [0.2, 0.25) is 0 Å². The number of nitrogens with two attached hydrogens (primary N) is 1. The molecule has 0 aliphatic heterocycles. The van der Waals surface area contributed by atoms with Crippen LogP contribution in [-0.2, 0) is 5.75 Å². The van der Waals surface area contributed by atoms with Crippen LogP contribution in [0.3, 0.4) is 0 Å². The van der Waals surface area contributed by atoms with E-state index in [9.17, 15) is 5.11 Å². The van der Waals surface area contributed by atoms with Crippen molar-refractivity contribution in [3.05, 3.63) is 17.7 Å². The Hall–Kier alpha value is -1.11. The minimum absolute atomic E-state index is 0.0448. The van der Waals surface area contributed by atoms with E-state index in [-0.39, 0.29) is 17.4 Å². The summed E-state index contributed by atoms with van der Waals surface area (Å²) in [5, 5.41) is 9.23. The zero-order valence-electron chi connectivity index (χ0n) is 13.3. The first-order valence-electron chi connectivity index (χ1n) is 6.68. The number of aliphatic hydroxyl groups excluding tert-OH is 1. The molecule has 0 radical (unpaired) electrons. The maximum atomic E-state index is 9.23. The third kappa shape index (κ3) is 4.43. The molecular weight excluding hydrogens is 290 g/mol. The van der Waals surface area contributed by atoms with Gasteiger partial charge in [-0.25, -0.2) is 0 Å². The second-order valence-corrected chi connectivity index (χ2v) is 6.82. The van der Waals surface area contributed by atoms with Crippen molar-refractivity contribution in [1.29, 1.82) is 0 Å². The number of rotatable bonds is 8. The fourth-order valence-electron chi connectivity index (χ4n) is 1.81. The third-order valence-electron chi connectivity index (χ3n) is 3.50. The lowest BCUT2D eigenvalue weighted by molar-refractivity contribution is 0.248. The second kappa shape index (κ2) is 7.77. The van der Waals surface area contributed by atoms with Gasteiger partial charge < -0.3 is 25.1 Å². The molecule has 1 aromatic carbocycles. The van der Waals surface area contributed by atoms with Gasteiger partial charge in [0.25, 0.3) is 0 Å². The quantitative estimate of drug-likeness (QED) is 0.765. The predicted octanol–water partition coefficient (Wildman–Crippen LogP) is 2.04. The van der Waals surface area contributed by atoms with E-state index in [0.717, 1.165) is 5.56 Å². The van der Waals surface area contributed by atoms with E-state index in [1.54, 1.807) is 33.1 Å². The zero-order chi connectivity index (χ0) is 16.0. The molecule has 0 spiro atoms. The molecule has 1 unspecified atom stereocenters. The van der Waals surface area contributed by atoms with Crippen LogP contribution >= 0.6 is 11.8 Å². The Bertz CT molecular complexity index is 440. The van der Waals surface area contributed by atoms with Gasteiger partial charge in [0, 0.05) is 34.2 Å². The number of hydrogen-bond acceptors (Lipinski definition) is 6. The van der Waals surface area contributed by atoms with Crippen molar-refractivity contribution >= 4 is 11.8 Å². The van der Waals surface area contributed by atoms with Crippen LogP contribution in [0, 0.1) is 0 Å². The molecule has 0 saturated carbocycles. The lowest BCUT2D eigenvalue weighted by Gasteiger charge is -2.30. The summed E-state index contributed by atoms with van der Waals surface area (Å²) in [7, 11) is 4.84. The van der Waals surface area contributed by atoms with Crippen molar-refractivity contribution in [3.63, 3.8) is 0 Å². The van der Waals surface area contributed by atoms with E-state index in [4.69, 9.17) is 19.9 Å². The van der Waals surface area contributed by atoms with Crippen molar-refractivity contribution in [2.75, 3.05) is 27.9 Å². The lowest BCUT2D eigenvalue weighted by Crippen LogP contribution is -2.43. The summed E-state index contributed by atoms with van der Waals surface area (Å²) in [6.07, 6.45) is 0. The predicted molar refractivity (Wildman–Crippen MR) is 86.5 cm³/mol. The van der Waals surface area contributed by atoms with Gasteiger partial charge in [0.15, 0.2) is 0 Å². The molecule has 120 valence electrons. The van der Waals surface area contributed by atoms with Gasteiger partial charge in [0.05, 0.1) is 27.9 Å². The van der Waals surface area contributed by atoms with Gasteiger partial charge in [-0.1, -0.05) is 0 Å². The molecule has 1 aromatic rings. The molecule has 6 heteroatoms. The van der Waals surface area contributed by atoms with Crippen molar-refractivity contribution in [3.8, 4) is 17.2 Å². The summed E-state index contributed by atoms with van der Waals surface area (Å²) in [6, 6.07) is 3.37. The van der Waals surface area contributed by atoms with Crippen LogP contribution < -0.4 is 19.9 Å². The molecule has 0 saturated heterocycles. The summed E-state index contributed by atoms with van der Waals surface area (Å²) in [4.78, 5) is 0. The maximum absolute atomic E-state index is 9.23. The van der Waals surface area contributed by atoms with Gasteiger partial charge in [-0.3, -0.25) is 0 Å². The largest absolute Gasteiger partial charge is 0.496 e. The van der Waals surface area contributed by atoms with Crippen molar-refractivity contribution in [2.45, 2.75) is 30.4 Å². The zero-order valence-corrected chi connectivity index (χ0v) is 14.1. The molecule has 3 N–H and O–H groups in total. The third-order valence-corrected chi connectivity index (χ3v) is 4.98. The first kappa shape index (κ1) is 17.9. The van der Waals surface area contributed by atoms with E-state index >= 15 is 0 Å². The Morgan fingerprint density at radius 3 is 2.05 bits per heavy atom. The van der Waals surface area contributed by atoms with Crippen LogP contribution in [-0.4, -0.2) is 43.8 Å². The molecule has 0 aromatic heterocycles. The van der Waals surface area contributed by atoms with Crippen LogP contribution in [0.4, 0.5) is 0 Å². The Balaban J connectivity index is 3.02. The Morgan fingerprint density at radius 1 is 1.14 bits per heavy atom. The highest BCUT2D eigenvalue weighted by Crippen LogP contribution is 2.40. The van der Waals surface area contributed by atoms with E-state index in [1.165, 1.54) is 0 Å². The Labute approximate surface area is 130 Å². The second-order valence-electron chi connectivity index (χ2n) is 5.19. The van der Waals surface area contributed by atoms with Crippen LogP contribution in [0.25, 0.3) is 0 Å². The molecule has 0 bridgehead atoms. The minimum atomic E-state index is -0.294.